The SMILES string of the molecule is CNc1ccc2c(=O)n(-c3ccc(NC(=O)NS(=O)(=O)c4ccc(Cl)s4)cc3F)cc(C(=O)NCCN(C)C)c2c1. The van der Waals surface area contributed by atoms with Gasteiger partial charge in [-0.2, -0.15) is 0 Å². The van der Waals surface area contributed by atoms with Crippen molar-refractivity contribution in [3.8, 4) is 5.69 Å². The van der Waals surface area contributed by atoms with E-state index in [1.807, 2.05) is 23.7 Å². The minimum atomic E-state index is -4.19. The number of urea groups is 1. The molecule has 4 rings (SSSR count). The molecule has 2 aromatic carbocycles. The number of anilines is 2. The van der Waals surface area contributed by atoms with Crippen molar-refractivity contribution in [1.29, 1.82) is 0 Å². The van der Waals surface area contributed by atoms with Crippen molar-refractivity contribution < 1.29 is 22.4 Å². The van der Waals surface area contributed by atoms with E-state index in [4.69, 9.17) is 11.6 Å². The van der Waals surface area contributed by atoms with Crippen LogP contribution < -0.4 is 26.2 Å². The standard InChI is InChI=1S/C26H26ClFN6O5S2/c1-29-15-4-6-17-18(12-15)19(24(35)30-10-11-33(2)3)14-34(25(17)36)21-7-5-16(13-20(21)28)31-26(37)32-41(38,39)23-9-8-22(27)40-23/h4-9,12-14,29H,10-11H2,1-3H3,(H,30,35)(H2,31,32,37). The van der Waals surface area contributed by atoms with E-state index in [1.165, 1.54) is 30.5 Å². The normalized spacial score (nSPS) is 11.5. The molecule has 3 amide bonds. The molecule has 15 heteroatoms. The van der Waals surface area contributed by atoms with Gasteiger partial charge in [0.2, 0.25) is 0 Å². The van der Waals surface area contributed by atoms with Crippen LogP contribution in [-0.4, -0.2) is 64.1 Å². The molecule has 216 valence electrons. The number of aromatic nitrogens is 1. The lowest BCUT2D eigenvalue weighted by Crippen LogP contribution is -2.34. The molecule has 0 spiro atoms. The molecular weight excluding hydrogens is 595 g/mol. The number of pyridine rings is 1. The number of likely N-dealkylation sites (N-methyl/N-ethyl adjacent to an activating group) is 1. The van der Waals surface area contributed by atoms with Crippen LogP contribution in [0.4, 0.5) is 20.6 Å². The Morgan fingerprint density at radius 3 is 2.41 bits per heavy atom. The van der Waals surface area contributed by atoms with Gasteiger partial charge in [-0.25, -0.2) is 22.3 Å². The largest absolute Gasteiger partial charge is 0.388 e. The van der Waals surface area contributed by atoms with E-state index >= 15 is 4.39 Å². The number of rotatable bonds is 9. The quantitative estimate of drug-likeness (QED) is 0.224. The summed E-state index contributed by atoms with van der Waals surface area (Å²) in [4.78, 5) is 40.8. The van der Waals surface area contributed by atoms with Crippen LogP contribution in [0.1, 0.15) is 10.4 Å². The molecule has 0 bridgehead atoms. The van der Waals surface area contributed by atoms with Crippen molar-refractivity contribution in [1.82, 2.24) is 19.5 Å². The molecule has 0 fully saturated rings. The summed E-state index contributed by atoms with van der Waals surface area (Å²) in [6.07, 6.45) is 1.27. The maximum absolute atomic E-state index is 15.3. The van der Waals surface area contributed by atoms with Crippen molar-refractivity contribution in [2.75, 3.05) is 44.9 Å². The summed E-state index contributed by atoms with van der Waals surface area (Å²) >= 11 is 6.53. The van der Waals surface area contributed by atoms with Gasteiger partial charge in [-0.3, -0.25) is 14.2 Å². The van der Waals surface area contributed by atoms with Crippen molar-refractivity contribution in [3.05, 3.63) is 80.8 Å². The summed E-state index contributed by atoms with van der Waals surface area (Å²) in [6.45, 7) is 0.939. The molecule has 41 heavy (non-hydrogen) atoms. The predicted molar refractivity (Wildman–Crippen MR) is 159 cm³/mol. The van der Waals surface area contributed by atoms with Crippen molar-refractivity contribution >= 4 is 67.0 Å². The third-order valence-electron chi connectivity index (χ3n) is 5.90. The van der Waals surface area contributed by atoms with Gasteiger partial charge < -0.3 is 20.9 Å². The zero-order valence-electron chi connectivity index (χ0n) is 22.1. The molecule has 0 aliphatic carbocycles. The second kappa shape index (κ2) is 12.3. The van der Waals surface area contributed by atoms with Crippen molar-refractivity contribution in [2.24, 2.45) is 0 Å². The van der Waals surface area contributed by atoms with E-state index in [0.717, 1.165) is 22.0 Å². The van der Waals surface area contributed by atoms with Crippen LogP contribution in [0, 0.1) is 5.82 Å². The zero-order valence-corrected chi connectivity index (χ0v) is 24.5. The van der Waals surface area contributed by atoms with Crippen LogP contribution >= 0.6 is 22.9 Å². The summed E-state index contributed by atoms with van der Waals surface area (Å²) in [6, 6.07) is 9.85. The Bertz CT molecular complexity index is 1810. The average molecular weight is 621 g/mol. The van der Waals surface area contributed by atoms with Gasteiger partial charge in [0.05, 0.1) is 15.6 Å². The van der Waals surface area contributed by atoms with E-state index in [2.05, 4.69) is 16.0 Å². The van der Waals surface area contributed by atoms with Gasteiger partial charge >= 0.3 is 6.03 Å². The minimum absolute atomic E-state index is 0.0719. The molecular formula is C26H26ClFN6O5S2. The van der Waals surface area contributed by atoms with E-state index in [9.17, 15) is 22.8 Å². The highest BCUT2D eigenvalue weighted by Gasteiger charge is 2.21. The summed E-state index contributed by atoms with van der Waals surface area (Å²) in [7, 11) is 1.25. The van der Waals surface area contributed by atoms with Crippen LogP contribution in [0.25, 0.3) is 16.5 Å². The van der Waals surface area contributed by atoms with Gasteiger partial charge in [-0.15, -0.1) is 11.3 Å². The number of carbonyl (C=O) groups excluding carboxylic acids is 2. The molecule has 0 saturated heterocycles. The molecule has 2 aromatic heterocycles. The van der Waals surface area contributed by atoms with Gasteiger partial charge in [-0.1, -0.05) is 11.6 Å². The highest BCUT2D eigenvalue weighted by Crippen LogP contribution is 2.26. The number of halogens is 2. The number of hydrogen-bond acceptors (Lipinski definition) is 8. The maximum atomic E-state index is 15.3. The molecule has 2 heterocycles. The Kier molecular flexibility index (Phi) is 8.97. The molecule has 0 atom stereocenters. The summed E-state index contributed by atoms with van der Waals surface area (Å²) in [5.74, 6) is -1.34. The topological polar surface area (TPSA) is 142 Å². The third-order valence-corrected chi connectivity index (χ3v) is 8.95. The van der Waals surface area contributed by atoms with Gasteiger partial charge in [0.1, 0.15) is 10.0 Å². The monoisotopic (exact) mass is 620 g/mol. The number of nitrogens with one attached hydrogen (secondary N) is 4. The van der Waals surface area contributed by atoms with E-state index in [0.29, 0.717) is 24.2 Å². The summed E-state index contributed by atoms with van der Waals surface area (Å²) < 4.78 is 42.9. The van der Waals surface area contributed by atoms with Crippen LogP contribution in [-0.2, 0) is 10.0 Å². The molecule has 0 aliphatic rings. The predicted octanol–water partition coefficient (Wildman–Crippen LogP) is 3.69. The first kappa shape index (κ1) is 30.0. The Hall–Kier alpha value is -3.98. The molecule has 0 aliphatic heterocycles. The Morgan fingerprint density at radius 1 is 1.05 bits per heavy atom. The smallest absolute Gasteiger partial charge is 0.333 e. The lowest BCUT2D eigenvalue weighted by Gasteiger charge is -2.16. The first-order valence-electron chi connectivity index (χ1n) is 12.1. The highest BCUT2D eigenvalue weighted by atomic mass is 35.5. The Morgan fingerprint density at radius 2 is 1.78 bits per heavy atom. The molecule has 0 radical (unpaired) electrons. The Labute approximate surface area is 244 Å². The average Bonchev–Trinajstić information content (AvgIpc) is 3.36. The van der Waals surface area contributed by atoms with Gasteiger partial charge in [-0.05, 0) is 62.6 Å². The van der Waals surface area contributed by atoms with Gasteiger partial charge in [0.15, 0.2) is 0 Å². The number of sulfonamides is 1. The fourth-order valence-electron chi connectivity index (χ4n) is 3.90. The number of amides is 3. The second-order valence-corrected chi connectivity index (χ2v) is 12.7. The van der Waals surface area contributed by atoms with Crippen LogP contribution in [0.15, 0.2) is 63.7 Å². The lowest BCUT2D eigenvalue weighted by atomic mass is 10.1. The number of fused-ring (bicyclic) bond motifs is 1. The minimum Gasteiger partial charge on any atom is -0.388 e. The maximum Gasteiger partial charge on any atom is 0.333 e. The Balaban J connectivity index is 1.66. The van der Waals surface area contributed by atoms with Crippen molar-refractivity contribution in [3.63, 3.8) is 0 Å². The number of nitrogens with zero attached hydrogens (tertiary/aromatic N) is 2. The summed E-state index contributed by atoms with van der Waals surface area (Å²) in [5, 5.41) is 8.63. The van der Waals surface area contributed by atoms with Gasteiger partial charge in [0, 0.05) is 48.5 Å². The number of carbonyl (C=O) groups is 2. The molecule has 0 unspecified atom stereocenters. The van der Waals surface area contributed by atoms with Crippen LogP contribution in [0.3, 0.4) is 0 Å². The fraction of sp³-hybridized carbons (Fsp3) is 0.192. The molecule has 4 N–H and O–H groups in total. The highest BCUT2D eigenvalue weighted by molar-refractivity contribution is 7.92. The molecule has 0 saturated carbocycles. The summed E-state index contributed by atoms with van der Waals surface area (Å²) in [5.41, 5.74) is 0.0305. The fourth-order valence-corrected chi connectivity index (χ4v) is 6.29. The third kappa shape index (κ3) is 6.85. The molecule has 11 nitrogen and oxygen atoms in total. The second-order valence-electron chi connectivity index (χ2n) is 9.07. The first-order valence-corrected chi connectivity index (χ1v) is 14.8. The number of thiophene rings is 1. The number of benzene rings is 2. The van der Waals surface area contributed by atoms with Crippen LogP contribution in [0.5, 0.6) is 0 Å². The molecule has 4 aromatic rings. The zero-order chi connectivity index (χ0) is 29.9. The van der Waals surface area contributed by atoms with E-state index < -0.39 is 33.3 Å². The first-order chi connectivity index (χ1) is 19.4. The van der Waals surface area contributed by atoms with Crippen molar-refractivity contribution in [2.45, 2.75) is 4.21 Å². The van der Waals surface area contributed by atoms with E-state index in [-0.39, 0.29) is 30.9 Å². The van der Waals surface area contributed by atoms with E-state index in [1.54, 1.807) is 25.2 Å². The van der Waals surface area contributed by atoms with Crippen LogP contribution in [0.2, 0.25) is 4.34 Å². The lowest BCUT2D eigenvalue weighted by molar-refractivity contribution is 0.0952. The number of hydrogen-bond donors (Lipinski definition) is 4. The van der Waals surface area contributed by atoms with Gasteiger partial charge in [0.25, 0.3) is 21.5 Å².